The van der Waals surface area contributed by atoms with Crippen molar-refractivity contribution in [3.05, 3.63) is 78.9 Å². The van der Waals surface area contributed by atoms with Gasteiger partial charge in [-0.3, -0.25) is 0 Å². The summed E-state index contributed by atoms with van der Waals surface area (Å²) in [6.45, 7) is 0. The van der Waals surface area contributed by atoms with Gasteiger partial charge in [0.25, 0.3) is 0 Å². The summed E-state index contributed by atoms with van der Waals surface area (Å²) in [5.74, 6) is -0.0642. The molecule has 0 saturated carbocycles. The SMILES string of the molecule is [B]c1c([B])c([B])c(-n2c3c([B])c([B])c([B])c([B])c3c3c([B])c([B])c(-c4nc(-c5cccc(-c6cccc(-c7ccccc7)c6)c5)nc(-c5c([B])c([B])c6sc7c([B])c([B])c([B])c([B])c7c6c5[B])n4)c([B])c32)c([B])c1[B]. The molecule has 0 aliphatic rings. The number of benzene rings is 8. The van der Waals surface area contributed by atoms with E-state index in [-0.39, 0.29) is 160 Å². The van der Waals surface area contributed by atoms with Crippen molar-refractivity contribution in [3.63, 3.8) is 0 Å². The number of thiophene rings is 1. The molecule has 300 valence electrons. The Hall–Kier alpha value is -5.98. The van der Waals surface area contributed by atoms with E-state index >= 15 is 0 Å². The van der Waals surface area contributed by atoms with Crippen molar-refractivity contribution in [1.29, 1.82) is 0 Å². The van der Waals surface area contributed by atoms with Crippen LogP contribution in [0.2, 0.25) is 0 Å². The van der Waals surface area contributed by atoms with Crippen molar-refractivity contribution in [3.8, 4) is 62.1 Å². The van der Waals surface area contributed by atoms with Gasteiger partial charge in [-0.05, 0) is 55.9 Å². The average molecular weight is 919 g/mol. The number of hydrogen-bond acceptors (Lipinski definition) is 4. The topological polar surface area (TPSA) is 43.6 Å². The summed E-state index contributed by atoms with van der Waals surface area (Å²) < 4.78 is 2.44. The van der Waals surface area contributed by atoms with Gasteiger partial charge < -0.3 is 4.57 Å². The van der Waals surface area contributed by atoms with E-state index in [1.165, 1.54) is 15.9 Å². The van der Waals surface area contributed by atoms with E-state index in [1.807, 2.05) is 72.8 Å². The molecular formula is C51H13B19N4S. The van der Waals surface area contributed by atoms with Crippen LogP contribution < -0.4 is 104 Å². The van der Waals surface area contributed by atoms with Gasteiger partial charge >= 0.3 is 0 Å². The number of fused-ring (bicyclic) bond motifs is 6. The van der Waals surface area contributed by atoms with Crippen molar-refractivity contribution in [2.75, 3.05) is 0 Å². The molecule has 0 saturated heterocycles. The van der Waals surface area contributed by atoms with Crippen molar-refractivity contribution < 1.29 is 0 Å². The second-order valence-electron chi connectivity index (χ2n) is 18.1. The van der Waals surface area contributed by atoms with E-state index < -0.39 is 0 Å². The van der Waals surface area contributed by atoms with E-state index in [1.54, 1.807) is 0 Å². The summed E-state index contributed by atoms with van der Waals surface area (Å²) in [5.41, 5.74) is 4.45. The van der Waals surface area contributed by atoms with Crippen LogP contribution in [0.5, 0.6) is 0 Å². The molecule has 0 unspecified atom stereocenters. The standard InChI is InChI=1S/C51H13B19N4S/c52-25-21-22-28(55)33(60)38(65)43(70)48(22)75-47(21)42(69)30(57)23(25)50-71-49(18-11-5-10-17(13-18)16-9-4-8-15(12-16)14-6-2-1-3-7-14)72-51(73-50)24-29(56)26(53)19-20-27(54)32(59)35(62)39(66)45(20)74(44(19)31(24)58)46-40(67)36(63)34(61)37(64)41(46)68/h1-13H. The second kappa shape index (κ2) is 18.6. The summed E-state index contributed by atoms with van der Waals surface area (Å²) in [6, 6.07) is 25.7. The lowest BCUT2D eigenvalue weighted by Crippen LogP contribution is -2.56. The molecule has 0 spiro atoms. The number of nitrogens with zero attached hydrogens (tertiary/aromatic N) is 4. The van der Waals surface area contributed by atoms with Crippen LogP contribution >= 0.6 is 11.3 Å². The number of aromatic nitrogens is 4. The number of hydrogen-bond donors (Lipinski definition) is 0. The second-order valence-corrected chi connectivity index (χ2v) is 19.1. The van der Waals surface area contributed by atoms with E-state index in [9.17, 15) is 0 Å². The maximum Gasteiger partial charge on any atom is 0.164 e. The van der Waals surface area contributed by atoms with Crippen LogP contribution in [0.3, 0.4) is 0 Å². The van der Waals surface area contributed by atoms with Gasteiger partial charge in [0.05, 0.1) is 0 Å². The van der Waals surface area contributed by atoms with E-state index in [2.05, 4.69) is 6.07 Å². The molecule has 11 rings (SSSR count). The van der Waals surface area contributed by atoms with Crippen LogP contribution in [0, 0.1) is 0 Å². The van der Waals surface area contributed by atoms with Gasteiger partial charge in [-0.1, -0.05) is 132 Å². The van der Waals surface area contributed by atoms with Crippen LogP contribution in [0.4, 0.5) is 0 Å². The van der Waals surface area contributed by atoms with Gasteiger partial charge in [-0.2, -0.15) is 0 Å². The highest BCUT2D eigenvalue weighted by molar-refractivity contribution is 7.28. The zero-order valence-electron chi connectivity index (χ0n) is 39.7. The minimum atomic E-state index is -0.113. The fraction of sp³-hybridized carbons (Fsp3) is 0. The Bertz CT molecular complexity index is 4340. The lowest BCUT2D eigenvalue weighted by molar-refractivity contribution is 1.08. The largest absolute Gasteiger partial charge is 0.312 e. The molecule has 0 aliphatic carbocycles. The Morgan fingerprint density at radius 3 is 1.21 bits per heavy atom. The summed E-state index contributed by atoms with van der Waals surface area (Å²) in [7, 11) is 128. The molecular weight excluding hydrogens is 906 g/mol. The van der Waals surface area contributed by atoms with Crippen LogP contribution in [-0.4, -0.2) is 169 Å². The smallest absolute Gasteiger partial charge is 0.164 e. The molecule has 0 atom stereocenters. The Morgan fingerprint density at radius 1 is 0.280 bits per heavy atom. The maximum atomic E-state index is 7.42. The zero-order valence-corrected chi connectivity index (χ0v) is 40.5. The Morgan fingerprint density at radius 2 is 0.640 bits per heavy atom. The predicted molar refractivity (Wildman–Crippen MR) is 337 cm³/mol. The fourth-order valence-electron chi connectivity index (χ4n) is 9.95. The summed E-state index contributed by atoms with van der Waals surface area (Å²) in [4.78, 5) is 15.2. The van der Waals surface area contributed by atoms with Crippen LogP contribution in [0.15, 0.2) is 78.9 Å². The molecule has 4 nitrogen and oxygen atoms in total. The number of rotatable bonds is 6. The first-order valence-corrected chi connectivity index (χ1v) is 23.5. The van der Waals surface area contributed by atoms with Gasteiger partial charge in [0.2, 0.25) is 0 Å². The van der Waals surface area contributed by atoms with Gasteiger partial charge in [0.1, 0.15) is 149 Å². The van der Waals surface area contributed by atoms with Crippen LogP contribution in [0.25, 0.3) is 104 Å². The first-order chi connectivity index (χ1) is 35.7. The minimum Gasteiger partial charge on any atom is -0.312 e. The minimum absolute atomic E-state index is 0.000246. The highest BCUT2D eigenvalue weighted by atomic mass is 32.1. The third-order valence-corrected chi connectivity index (χ3v) is 15.2. The quantitative estimate of drug-likeness (QED) is 0.156. The van der Waals surface area contributed by atoms with Crippen LogP contribution in [0.1, 0.15) is 0 Å². The Balaban J connectivity index is 1.26. The molecule has 38 radical (unpaired) electrons. The van der Waals surface area contributed by atoms with Gasteiger partial charge in [-0.15, -0.1) is 49.6 Å². The monoisotopic (exact) mass is 922 g/mol. The van der Waals surface area contributed by atoms with E-state index in [0.29, 0.717) is 25.7 Å². The van der Waals surface area contributed by atoms with Crippen molar-refractivity contribution in [1.82, 2.24) is 19.5 Å². The lowest BCUT2D eigenvalue weighted by atomic mass is 9.61. The molecule has 11 aromatic rings. The lowest BCUT2D eigenvalue weighted by Gasteiger charge is -2.25. The average Bonchev–Trinajstić information content (AvgIpc) is 4.05. The molecule has 0 bridgehead atoms. The summed E-state index contributed by atoms with van der Waals surface area (Å²) in [6.07, 6.45) is 0. The molecule has 24 heteroatoms. The molecule has 75 heavy (non-hydrogen) atoms. The third kappa shape index (κ3) is 7.56. The van der Waals surface area contributed by atoms with Gasteiger partial charge in [0, 0.05) is 42.8 Å². The van der Waals surface area contributed by atoms with Crippen LogP contribution in [-0.2, 0) is 0 Å². The molecule has 3 aromatic heterocycles. The predicted octanol–water partition coefficient (Wildman–Crippen LogP) is -9.25. The first kappa shape index (κ1) is 51.1. The third-order valence-electron chi connectivity index (χ3n) is 14.0. The molecule has 0 fully saturated rings. The Labute approximate surface area is 463 Å². The highest BCUT2D eigenvalue weighted by Gasteiger charge is 2.29. The fourth-order valence-corrected chi connectivity index (χ4v) is 11.2. The van der Waals surface area contributed by atoms with Gasteiger partial charge in [0.15, 0.2) is 17.5 Å². The van der Waals surface area contributed by atoms with Crippen molar-refractivity contribution >= 4 is 306 Å². The van der Waals surface area contributed by atoms with Gasteiger partial charge in [-0.25, -0.2) is 15.0 Å². The molecule has 3 heterocycles. The maximum absolute atomic E-state index is 7.42. The molecule has 0 N–H and O–H groups in total. The molecule has 8 aromatic carbocycles. The Kier molecular flexibility index (Phi) is 12.7. The summed E-state index contributed by atoms with van der Waals surface area (Å²) >= 11 is 1.20. The van der Waals surface area contributed by atoms with Crippen molar-refractivity contribution in [2.24, 2.45) is 0 Å². The summed E-state index contributed by atoms with van der Waals surface area (Å²) in [5, 5.41) is 1.17. The zero-order chi connectivity index (χ0) is 53.5. The van der Waals surface area contributed by atoms with Crippen molar-refractivity contribution in [2.45, 2.75) is 0 Å². The highest BCUT2D eigenvalue weighted by Crippen LogP contribution is 2.34. The van der Waals surface area contributed by atoms with E-state index in [4.69, 9.17) is 164 Å². The van der Waals surface area contributed by atoms with E-state index in [0.717, 1.165) is 22.3 Å². The first-order valence-electron chi connectivity index (χ1n) is 22.7. The normalized spacial score (nSPS) is 11.7. The molecule has 0 aliphatic heterocycles. The molecule has 0 amide bonds.